The lowest BCUT2D eigenvalue weighted by atomic mass is 10.1. The van der Waals surface area contributed by atoms with Crippen molar-refractivity contribution in [3.05, 3.63) is 21.9 Å². The van der Waals surface area contributed by atoms with Gasteiger partial charge in [0.1, 0.15) is 0 Å². The Bertz CT molecular complexity index is 470. The van der Waals surface area contributed by atoms with Crippen molar-refractivity contribution in [1.82, 2.24) is 4.90 Å². The fourth-order valence-corrected chi connectivity index (χ4v) is 4.01. The fourth-order valence-electron chi connectivity index (χ4n) is 3.17. The number of fused-ring (bicyclic) bond motifs is 2. The van der Waals surface area contributed by atoms with Crippen LogP contribution in [-0.4, -0.2) is 29.2 Å². The lowest BCUT2D eigenvalue weighted by molar-refractivity contribution is 0.207. The van der Waals surface area contributed by atoms with E-state index in [0.717, 1.165) is 24.1 Å². The third-order valence-electron chi connectivity index (χ3n) is 4.00. The third-order valence-corrected chi connectivity index (χ3v) is 4.93. The minimum absolute atomic E-state index is 0.154. The molecule has 2 nitrogen and oxygen atoms in total. The van der Waals surface area contributed by atoms with Crippen LogP contribution in [-0.2, 0) is 6.54 Å². The number of likely N-dealkylation sites (tertiary alicyclic amines) is 1. The predicted molar refractivity (Wildman–Crippen MR) is 74.4 cm³/mol. The highest BCUT2D eigenvalue weighted by Crippen LogP contribution is 2.38. The fraction of sp³-hybridized carbons (Fsp3) is 0.600. The molecule has 3 rings (SSSR count). The molecule has 96 valence electrons. The molecule has 0 radical (unpaired) electrons. The van der Waals surface area contributed by atoms with Crippen LogP contribution < -0.4 is 0 Å². The smallest absolute Gasteiger partial charge is 0.0540 e. The quantitative estimate of drug-likeness (QED) is 0.845. The van der Waals surface area contributed by atoms with Gasteiger partial charge in [0.2, 0.25) is 0 Å². The molecule has 2 bridgehead atoms. The van der Waals surface area contributed by atoms with Gasteiger partial charge < -0.3 is 5.11 Å². The average Bonchev–Trinajstić information content (AvgIpc) is 3.06. The van der Waals surface area contributed by atoms with Crippen LogP contribution in [0.5, 0.6) is 0 Å². The van der Waals surface area contributed by atoms with E-state index >= 15 is 0 Å². The maximum atomic E-state index is 8.69. The number of hydrogen-bond acceptors (Lipinski definition) is 3. The molecular formula is C15H19NOS. The first kappa shape index (κ1) is 12.2. The normalized spacial score (nSPS) is 26.3. The largest absolute Gasteiger partial charge is 0.395 e. The molecule has 2 heterocycles. The number of aliphatic hydroxyl groups is 1. The Morgan fingerprint density at radius 1 is 1.44 bits per heavy atom. The summed E-state index contributed by atoms with van der Waals surface area (Å²) in [5, 5.41) is 10.8. The van der Waals surface area contributed by atoms with Crippen LogP contribution >= 0.6 is 11.3 Å². The summed E-state index contributed by atoms with van der Waals surface area (Å²) in [6, 6.07) is 3.06. The Morgan fingerprint density at radius 2 is 2.39 bits per heavy atom. The van der Waals surface area contributed by atoms with Crippen LogP contribution in [0.25, 0.3) is 0 Å². The molecule has 2 unspecified atom stereocenters. The molecular weight excluding hydrogens is 242 g/mol. The number of hydrogen-bond donors (Lipinski definition) is 1. The predicted octanol–water partition coefficient (Wildman–Crippen LogP) is 2.47. The van der Waals surface area contributed by atoms with E-state index in [-0.39, 0.29) is 6.61 Å². The Balaban J connectivity index is 1.59. The van der Waals surface area contributed by atoms with Gasteiger partial charge >= 0.3 is 0 Å². The first-order valence-electron chi connectivity index (χ1n) is 6.76. The zero-order valence-corrected chi connectivity index (χ0v) is 11.4. The highest BCUT2D eigenvalue weighted by Gasteiger charge is 2.37. The topological polar surface area (TPSA) is 23.5 Å². The second kappa shape index (κ2) is 5.44. The Kier molecular flexibility index (Phi) is 3.69. The van der Waals surface area contributed by atoms with Crippen molar-refractivity contribution in [2.75, 3.05) is 13.2 Å². The van der Waals surface area contributed by atoms with Gasteiger partial charge in [-0.05, 0) is 31.2 Å². The number of rotatable bonds is 3. The van der Waals surface area contributed by atoms with Crippen molar-refractivity contribution < 1.29 is 5.11 Å². The van der Waals surface area contributed by atoms with Crippen molar-refractivity contribution in [2.24, 2.45) is 5.92 Å². The molecule has 18 heavy (non-hydrogen) atoms. The van der Waals surface area contributed by atoms with Gasteiger partial charge in [-0.15, -0.1) is 11.3 Å². The van der Waals surface area contributed by atoms with E-state index in [1.165, 1.54) is 30.7 Å². The van der Waals surface area contributed by atoms with Crippen LogP contribution in [0.1, 0.15) is 36.1 Å². The third kappa shape index (κ3) is 2.61. The van der Waals surface area contributed by atoms with Crippen LogP contribution in [0.15, 0.2) is 11.4 Å². The first-order chi connectivity index (χ1) is 8.85. The molecule has 2 aliphatic rings. The molecule has 1 aliphatic heterocycles. The lowest BCUT2D eigenvalue weighted by Crippen LogP contribution is -2.31. The minimum atomic E-state index is 0.154. The molecule has 0 amide bonds. The molecule has 1 aromatic heterocycles. The summed E-state index contributed by atoms with van der Waals surface area (Å²) in [4.78, 5) is 4.07. The molecule has 1 saturated heterocycles. The highest BCUT2D eigenvalue weighted by atomic mass is 32.1. The van der Waals surface area contributed by atoms with Crippen molar-refractivity contribution in [1.29, 1.82) is 0 Å². The minimum Gasteiger partial charge on any atom is -0.395 e. The van der Waals surface area contributed by atoms with Gasteiger partial charge in [0.15, 0.2) is 0 Å². The van der Waals surface area contributed by atoms with Gasteiger partial charge in [-0.25, -0.2) is 0 Å². The van der Waals surface area contributed by atoms with Gasteiger partial charge in [-0.2, -0.15) is 0 Å². The van der Waals surface area contributed by atoms with E-state index in [0.29, 0.717) is 6.42 Å². The standard InChI is InChI=1S/C15H19NOS/c17-6-2-1-3-13-8-15(18-11-13)10-16-9-12-4-5-14(16)7-12/h8,11-12,14,17H,2,4-7,9-10H2. The molecule has 1 aromatic rings. The summed E-state index contributed by atoms with van der Waals surface area (Å²) in [6.07, 6.45) is 4.85. The van der Waals surface area contributed by atoms with Crippen molar-refractivity contribution in [2.45, 2.75) is 38.3 Å². The maximum Gasteiger partial charge on any atom is 0.0540 e. The molecule has 0 spiro atoms. The summed E-state index contributed by atoms with van der Waals surface area (Å²) in [7, 11) is 0. The SMILES string of the molecule is OCCC#Cc1csc(CN2CC3CCC2C3)c1. The number of thiophene rings is 1. The molecule has 3 heteroatoms. The summed E-state index contributed by atoms with van der Waals surface area (Å²) >= 11 is 1.82. The summed E-state index contributed by atoms with van der Waals surface area (Å²) in [5.74, 6) is 7.06. The molecule has 2 fully saturated rings. The van der Waals surface area contributed by atoms with E-state index in [2.05, 4.69) is 28.2 Å². The molecule has 1 aliphatic carbocycles. The Morgan fingerprint density at radius 3 is 3.11 bits per heavy atom. The number of aliphatic hydroxyl groups excluding tert-OH is 1. The molecule has 0 aromatic carbocycles. The van der Waals surface area contributed by atoms with Crippen LogP contribution in [0.2, 0.25) is 0 Å². The lowest BCUT2D eigenvalue weighted by Gasteiger charge is -2.25. The van der Waals surface area contributed by atoms with Gasteiger partial charge in [0.05, 0.1) is 6.61 Å². The van der Waals surface area contributed by atoms with Crippen molar-refractivity contribution >= 4 is 11.3 Å². The maximum absolute atomic E-state index is 8.69. The average molecular weight is 261 g/mol. The van der Waals surface area contributed by atoms with E-state index < -0.39 is 0 Å². The Hall–Kier alpha value is -0.820. The zero-order chi connectivity index (χ0) is 12.4. The second-order valence-corrected chi connectivity index (χ2v) is 6.34. The Labute approximate surface area is 113 Å². The van der Waals surface area contributed by atoms with E-state index in [1.54, 1.807) is 0 Å². The second-order valence-electron chi connectivity index (χ2n) is 5.34. The van der Waals surface area contributed by atoms with Crippen molar-refractivity contribution in [3.8, 4) is 11.8 Å². The zero-order valence-electron chi connectivity index (χ0n) is 10.6. The number of nitrogens with zero attached hydrogens (tertiary/aromatic N) is 1. The monoisotopic (exact) mass is 261 g/mol. The van der Waals surface area contributed by atoms with Crippen molar-refractivity contribution in [3.63, 3.8) is 0 Å². The molecule has 1 N–H and O–H groups in total. The van der Waals surface area contributed by atoms with Crippen LogP contribution in [0.4, 0.5) is 0 Å². The number of piperidine rings is 1. The van der Waals surface area contributed by atoms with Gasteiger partial charge in [-0.3, -0.25) is 4.90 Å². The molecule has 2 atom stereocenters. The van der Waals surface area contributed by atoms with Gasteiger partial charge in [-0.1, -0.05) is 11.8 Å². The summed E-state index contributed by atoms with van der Waals surface area (Å²) in [5.41, 5.74) is 1.10. The summed E-state index contributed by atoms with van der Waals surface area (Å²) in [6.45, 7) is 2.56. The van der Waals surface area contributed by atoms with Crippen LogP contribution in [0.3, 0.4) is 0 Å². The highest BCUT2D eigenvalue weighted by molar-refractivity contribution is 7.10. The van der Waals surface area contributed by atoms with Crippen LogP contribution in [0, 0.1) is 17.8 Å². The van der Waals surface area contributed by atoms with E-state index in [9.17, 15) is 0 Å². The van der Waals surface area contributed by atoms with Gasteiger partial charge in [0, 0.05) is 41.4 Å². The molecule has 1 saturated carbocycles. The van der Waals surface area contributed by atoms with E-state index in [4.69, 9.17) is 5.11 Å². The van der Waals surface area contributed by atoms with Gasteiger partial charge in [0.25, 0.3) is 0 Å². The van der Waals surface area contributed by atoms with E-state index in [1.807, 2.05) is 11.3 Å². The summed E-state index contributed by atoms with van der Waals surface area (Å²) < 4.78 is 0. The first-order valence-corrected chi connectivity index (χ1v) is 7.64.